The monoisotopic (exact) mass is 477 g/mol. The lowest BCUT2D eigenvalue weighted by Crippen LogP contribution is -2.37. The van der Waals surface area contributed by atoms with E-state index >= 15 is 0 Å². The lowest BCUT2D eigenvalue weighted by molar-refractivity contribution is 0.445. The highest BCUT2D eigenvalue weighted by atomic mass is 32.2. The molecule has 2 N–H and O–H groups in total. The topological polar surface area (TPSA) is 123 Å². The number of hydrogen-bond acceptors (Lipinski definition) is 7. The third-order valence-electron chi connectivity index (χ3n) is 5.59. The number of imidazole rings is 1. The summed E-state index contributed by atoms with van der Waals surface area (Å²) in [6.45, 7) is 7.83. The van der Waals surface area contributed by atoms with Crippen LogP contribution in [0.1, 0.15) is 20.8 Å². The summed E-state index contributed by atoms with van der Waals surface area (Å²) >= 11 is 0. The van der Waals surface area contributed by atoms with E-state index in [1.54, 1.807) is 29.8 Å². The van der Waals surface area contributed by atoms with Gasteiger partial charge in [-0.15, -0.1) is 0 Å². The Morgan fingerprint density at radius 1 is 1.00 bits per heavy atom. The van der Waals surface area contributed by atoms with Crippen molar-refractivity contribution >= 4 is 32.6 Å². The molecule has 0 aliphatic rings. The first kappa shape index (κ1) is 24.5. The summed E-state index contributed by atoms with van der Waals surface area (Å²) in [5.41, 5.74) is 1.25. The SMILES string of the molecule is CCNc1ccc(S(=O)(=O)N(CC)CC)cc1NCCn1cnc2c1c(=O)n(C)c(=O)n2C. The van der Waals surface area contributed by atoms with Crippen LogP contribution < -0.4 is 21.9 Å². The first-order valence-corrected chi connectivity index (χ1v) is 12.3. The number of rotatable bonds is 10. The number of fused-ring (bicyclic) bond motifs is 1. The number of nitrogens with one attached hydrogen (secondary N) is 2. The predicted octanol–water partition coefficient (Wildman–Crippen LogP) is 1.01. The average Bonchev–Trinajstić information content (AvgIpc) is 3.22. The highest BCUT2D eigenvalue weighted by molar-refractivity contribution is 7.89. The minimum atomic E-state index is -3.60. The van der Waals surface area contributed by atoms with Crippen molar-refractivity contribution in [3.8, 4) is 0 Å². The summed E-state index contributed by atoms with van der Waals surface area (Å²) in [4.78, 5) is 29.2. The van der Waals surface area contributed by atoms with E-state index in [1.807, 2.05) is 20.8 Å². The van der Waals surface area contributed by atoms with Crippen LogP contribution in [-0.4, -0.2) is 57.6 Å². The van der Waals surface area contributed by atoms with Crippen molar-refractivity contribution < 1.29 is 8.42 Å². The normalized spacial score (nSPS) is 11.9. The van der Waals surface area contributed by atoms with Crippen LogP contribution in [0.3, 0.4) is 0 Å². The van der Waals surface area contributed by atoms with Gasteiger partial charge in [-0.2, -0.15) is 4.31 Å². The molecule has 0 fully saturated rings. The second kappa shape index (κ2) is 9.79. The molecule has 0 unspecified atom stereocenters. The second-order valence-corrected chi connectivity index (χ2v) is 9.51. The minimum absolute atomic E-state index is 0.215. The number of aryl methyl sites for hydroxylation is 1. The maximum absolute atomic E-state index is 13.0. The van der Waals surface area contributed by atoms with Gasteiger partial charge in [0, 0.05) is 46.8 Å². The molecule has 0 atom stereocenters. The van der Waals surface area contributed by atoms with E-state index in [0.29, 0.717) is 49.6 Å². The summed E-state index contributed by atoms with van der Waals surface area (Å²) in [5.74, 6) is 0. The van der Waals surface area contributed by atoms with E-state index in [4.69, 9.17) is 0 Å². The highest BCUT2D eigenvalue weighted by Crippen LogP contribution is 2.27. The van der Waals surface area contributed by atoms with Crippen molar-refractivity contribution in [3.63, 3.8) is 0 Å². The zero-order valence-corrected chi connectivity index (χ0v) is 20.4. The van der Waals surface area contributed by atoms with Crippen molar-refractivity contribution in [2.75, 3.05) is 36.8 Å². The molecular formula is C21H31N7O4S. The minimum Gasteiger partial charge on any atom is -0.384 e. The van der Waals surface area contributed by atoms with Gasteiger partial charge in [-0.25, -0.2) is 18.2 Å². The van der Waals surface area contributed by atoms with Crippen LogP contribution in [0.2, 0.25) is 0 Å². The number of aromatic nitrogens is 4. The molecule has 11 nitrogen and oxygen atoms in total. The summed E-state index contributed by atoms with van der Waals surface area (Å²) in [6, 6.07) is 4.98. The Morgan fingerprint density at radius 2 is 1.70 bits per heavy atom. The molecule has 0 aliphatic carbocycles. The van der Waals surface area contributed by atoms with E-state index in [-0.39, 0.29) is 4.90 Å². The van der Waals surface area contributed by atoms with Crippen LogP contribution in [0.4, 0.5) is 11.4 Å². The molecule has 180 valence electrons. The molecule has 0 saturated heterocycles. The van der Waals surface area contributed by atoms with Crippen molar-refractivity contribution in [2.45, 2.75) is 32.2 Å². The quantitative estimate of drug-likeness (QED) is 0.447. The number of nitrogens with zero attached hydrogens (tertiary/aromatic N) is 5. The largest absolute Gasteiger partial charge is 0.384 e. The van der Waals surface area contributed by atoms with Crippen molar-refractivity contribution in [1.82, 2.24) is 23.0 Å². The molecule has 12 heteroatoms. The molecule has 0 saturated carbocycles. The van der Waals surface area contributed by atoms with Gasteiger partial charge in [-0.1, -0.05) is 13.8 Å². The first-order valence-electron chi connectivity index (χ1n) is 10.9. The van der Waals surface area contributed by atoms with Crippen molar-refractivity contribution in [1.29, 1.82) is 0 Å². The van der Waals surface area contributed by atoms with Crippen molar-refractivity contribution in [2.24, 2.45) is 14.1 Å². The lowest BCUT2D eigenvalue weighted by Gasteiger charge is -2.20. The average molecular weight is 478 g/mol. The fourth-order valence-electron chi connectivity index (χ4n) is 3.76. The molecule has 0 radical (unpaired) electrons. The molecule has 0 bridgehead atoms. The Kier molecular flexibility index (Phi) is 7.28. The van der Waals surface area contributed by atoms with Crippen LogP contribution in [-0.2, 0) is 30.7 Å². The van der Waals surface area contributed by atoms with E-state index in [9.17, 15) is 18.0 Å². The van der Waals surface area contributed by atoms with Crippen LogP contribution in [0.5, 0.6) is 0 Å². The van der Waals surface area contributed by atoms with Gasteiger partial charge in [0.25, 0.3) is 5.56 Å². The molecule has 0 amide bonds. The Balaban J connectivity index is 1.90. The van der Waals surface area contributed by atoms with E-state index in [2.05, 4.69) is 15.6 Å². The molecule has 1 aromatic carbocycles. The van der Waals surface area contributed by atoms with Gasteiger partial charge >= 0.3 is 5.69 Å². The van der Waals surface area contributed by atoms with E-state index in [1.165, 1.54) is 22.2 Å². The van der Waals surface area contributed by atoms with Crippen molar-refractivity contribution in [3.05, 3.63) is 45.4 Å². The fourth-order valence-corrected chi connectivity index (χ4v) is 5.25. The Morgan fingerprint density at radius 3 is 2.33 bits per heavy atom. The summed E-state index contributed by atoms with van der Waals surface area (Å²) in [5, 5.41) is 6.51. The third kappa shape index (κ3) is 4.53. The number of sulfonamides is 1. The summed E-state index contributed by atoms with van der Waals surface area (Å²) in [6.07, 6.45) is 1.53. The zero-order valence-electron chi connectivity index (χ0n) is 19.6. The molecule has 33 heavy (non-hydrogen) atoms. The van der Waals surface area contributed by atoms with Gasteiger partial charge in [0.15, 0.2) is 11.2 Å². The zero-order chi connectivity index (χ0) is 24.3. The molecule has 0 aliphatic heterocycles. The lowest BCUT2D eigenvalue weighted by atomic mass is 10.2. The Hall–Kier alpha value is -3.12. The fraction of sp³-hybridized carbons (Fsp3) is 0.476. The number of benzene rings is 1. The summed E-state index contributed by atoms with van der Waals surface area (Å²) in [7, 11) is -0.589. The summed E-state index contributed by atoms with van der Waals surface area (Å²) < 4.78 is 31.4. The smallest absolute Gasteiger partial charge is 0.332 e. The molecule has 2 heterocycles. The molecule has 0 spiro atoms. The second-order valence-electron chi connectivity index (χ2n) is 7.57. The van der Waals surface area contributed by atoms with E-state index < -0.39 is 21.3 Å². The van der Waals surface area contributed by atoms with Gasteiger partial charge in [0.1, 0.15) is 0 Å². The maximum atomic E-state index is 13.0. The predicted molar refractivity (Wildman–Crippen MR) is 129 cm³/mol. The van der Waals surface area contributed by atoms with Crippen LogP contribution in [0, 0.1) is 0 Å². The molecule has 3 rings (SSSR count). The van der Waals surface area contributed by atoms with Crippen LogP contribution in [0.25, 0.3) is 11.2 Å². The van der Waals surface area contributed by atoms with Crippen LogP contribution >= 0.6 is 0 Å². The van der Waals surface area contributed by atoms with Gasteiger partial charge in [0.2, 0.25) is 10.0 Å². The highest BCUT2D eigenvalue weighted by Gasteiger charge is 2.22. The Bertz CT molecular complexity index is 1370. The Labute approximate surface area is 192 Å². The van der Waals surface area contributed by atoms with Gasteiger partial charge in [0.05, 0.1) is 22.6 Å². The van der Waals surface area contributed by atoms with Gasteiger partial charge < -0.3 is 15.2 Å². The number of hydrogen-bond donors (Lipinski definition) is 2. The standard InChI is InChI=1S/C21H31N7O4S/c1-6-22-16-10-9-15(33(31,32)28(7-2)8-3)13-17(16)23-11-12-27-14-24-19-18(27)20(29)26(5)21(30)25(19)4/h9-10,13-14,22-23H,6-8,11-12H2,1-5H3. The maximum Gasteiger partial charge on any atom is 0.332 e. The van der Waals surface area contributed by atoms with Crippen LogP contribution in [0.15, 0.2) is 39.0 Å². The third-order valence-corrected chi connectivity index (χ3v) is 7.63. The van der Waals surface area contributed by atoms with E-state index in [0.717, 1.165) is 10.3 Å². The molecule has 3 aromatic rings. The molecule has 2 aromatic heterocycles. The number of anilines is 2. The molecular weight excluding hydrogens is 446 g/mol. The van der Waals surface area contributed by atoms with Gasteiger partial charge in [-0.3, -0.25) is 13.9 Å². The first-order chi connectivity index (χ1) is 15.7. The van der Waals surface area contributed by atoms with Gasteiger partial charge in [-0.05, 0) is 25.1 Å².